The molecule has 3 N–H and O–H groups in total. The summed E-state index contributed by atoms with van der Waals surface area (Å²) in [4.78, 5) is 29.4. The molecule has 0 bridgehead atoms. The zero-order valence-electron chi connectivity index (χ0n) is 19.9. The third-order valence-corrected chi connectivity index (χ3v) is 6.40. The van der Waals surface area contributed by atoms with Gasteiger partial charge in [-0.1, -0.05) is 12.1 Å². The first-order chi connectivity index (χ1) is 17.6. The number of halogens is 7. The van der Waals surface area contributed by atoms with Gasteiger partial charge in [-0.05, 0) is 31.5 Å². The topological polar surface area (TPSA) is 106 Å². The van der Waals surface area contributed by atoms with Crippen molar-refractivity contribution < 1.29 is 40.3 Å². The Hall–Kier alpha value is -3.91. The van der Waals surface area contributed by atoms with Crippen LogP contribution >= 0.6 is 0 Å². The molecule has 15 heteroatoms. The van der Waals surface area contributed by atoms with Gasteiger partial charge >= 0.3 is 12.4 Å². The highest BCUT2D eigenvalue weighted by Crippen LogP contribution is 2.39. The van der Waals surface area contributed by atoms with Crippen LogP contribution in [0.15, 0.2) is 30.6 Å². The minimum absolute atomic E-state index is 0.0197. The molecule has 0 aliphatic carbocycles. The quantitative estimate of drug-likeness (QED) is 0.485. The van der Waals surface area contributed by atoms with Crippen molar-refractivity contribution in [1.82, 2.24) is 24.8 Å². The highest BCUT2D eigenvalue weighted by atomic mass is 19.4. The Labute approximate surface area is 210 Å². The van der Waals surface area contributed by atoms with Crippen LogP contribution in [0.3, 0.4) is 0 Å². The lowest BCUT2D eigenvalue weighted by molar-refractivity contribution is -0.185. The molecule has 0 radical (unpaired) electrons. The van der Waals surface area contributed by atoms with E-state index >= 15 is 0 Å². The average molecular weight is 546 g/mol. The van der Waals surface area contributed by atoms with Gasteiger partial charge in [-0.2, -0.15) is 31.4 Å². The Bertz CT molecular complexity index is 1400. The number of anilines is 1. The van der Waals surface area contributed by atoms with Gasteiger partial charge in [0.25, 0.3) is 5.91 Å². The number of fused-ring (bicyclic) bond motifs is 1. The van der Waals surface area contributed by atoms with Crippen molar-refractivity contribution in [2.24, 2.45) is 5.92 Å². The minimum atomic E-state index is -4.80. The lowest BCUT2D eigenvalue weighted by atomic mass is 10.0. The van der Waals surface area contributed by atoms with Gasteiger partial charge in [0.2, 0.25) is 5.91 Å². The number of aromatic nitrogens is 3. The number of nitrogen functional groups attached to an aromatic ring is 1. The largest absolute Gasteiger partial charge is 0.418 e. The smallest absolute Gasteiger partial charge is 0.382 e. The van der Waals surface area contributed by atoms with Gasteiger partial charge in [-0.25, -0.2) is 13.9 Å². The summed E-state index contributed by atoms with van der Waals surface area (Å²) in [7, 11) is 0. The third kappa shape index (κ3) is 4.96. The molecular formula is C23H21F7N6O2. The highest BCUT2D eigenvalue weighted by molar-refractivity contribution is 5.97. The van der Waals surface area contributed by atoms with Gasteiger partial charge in [0.05, 0.1) is 23.8 Å². The zero-order chi connectivity index (χ0) is 28.2. The van der Waals surface area contributed by atoms with Crippen molar-refractivity contribution in [2.75, 3.05) is 18.8 Å². The number of hydrogen-bond acceptors (Lipinski definition) is 5. The summed E-state index contributed by atoms with van der Waals surface area (Å²) in [6.45, 7) is 1.11. The van der Waals surface area contributed by atoms with Crippen molar-refractivity contribution >= 4 is 23.1 Å². The van der Waals surface area contributed by atoms with Gasteiger partial charge in [-0.3, -0.25) is 9.59 Å². The molecule has 1 unspecified atom stereocenters. The predicted octanol–water partition coefficient (Wildman–Crippen LogP) is 3.78. The fourth-order valence-corrected chi connectivity index (χ4v) is 4.26. The van der Waals surface area contributed by atoms with Crippen LogP contribution in [-0.2, 0) is 11.0 Å². The van der Waals surface area contributed by atoms with Crippen LogP contribution < -0.4 is 11.1 Å². The van der Waals surface area contributed by atoms with Gasteiger partial charge in [-0.15, -0.1) is 0 Å². The molecule has 1 saturated heterocycles. The molecule has 204 valence electrons. The number of carbonyl (C=O) groups excluding carboxylic acids is 2. The number of nitrogens with two attached hydrogens (primary N) is 1. The molecule has 1 aliphatic heterocycles. The second kappa shape index (κ2) is 9.44. The molecule has 1 aliphatic rings. The van der Waals surface area contributed by atoms with E-state index in [1.54, 1.807) is 6.92 Å². The second-order valence-corrected chi connectivity index (χ2v) is 8.98. The van der Waals surface area contributed by atoms with Gasteiger partial charge in [0.1, 0.15) is 23.9 Å². The summed E-state index contributed by atoms with van der Waals surface area (Å²) in [6, 6.07) is 3.73. The molecule has 38 heavy (non-hydrogen) atoms. The van der Waals surface area contributed by atoms with Crippen molar-refractivity contribution in [1.29, 1.82) is 0 Å². The van der Waals surface area contributed by atoms with E-state index in [2.05, 4.69) is 15.4 Å². The number of carbonyl (C=O) groups is 2. The molecule has 1 fully saturated rings. The number of aryl methyl sites for hydroxylation is 1. The van der Waals surface area contributed by atoms with Crippen LogP contribution in [0.25, 0.3) is 16.8 Å². The van der Waals surface area contributed by atoms with Crippen molar-refractivity contribution in [3.63, 3.8) is 0 Å². The number of rotatable bonds is 4. The second-order valence-electron chi connectivity index (χ2n) is 8.98. The van der Waals surface area contributed by atoms with Crippen LogP contribution in [0.5, 0.6) is 0 Å². The van der Waals surface area contributed by atoms with E-state index in [4.69, 9.17) is 5.73 Å². The third-order valence-electron chi connectivity index (χ3n) is 6.40. The normalized spacial score (nSPS) is 19.1. The first-order valence-corrected chi connectivity index (χ1v) is 11.2. The molecule has 0 spiro atoms. The summed E-state index contributed by atoms with van der Waals surface area (Å²) in [5.74, 6) is -4.87. The van der Waals surface area contributed by atoms with Crippen LogP contribution in [0, 0.1) is 12.8 Å². The lowest BCUT2D eigenvalue weighted by Crippen LogP contribution is -2.43. The van der Waals surface area contributed by atoms with Crippen molar-refractivity contribution in [3.8, 4) is 11.3 Å². The lowest BCUT2D eigenvalue weighted by Gasteiger charge is -2.22. The summed E-state index contributed by atoms with van der Waals surface area (Å²) < 4.78 is 95.2. The monoisotopic (exact) mass is 546 g/mol. The zero-order valence-corrected chi connectivity index (χ0v) is 19.9. The van der Waals surface area contributed by atoms with E-state index < -0.39 is 72.3 Å². The number of hydrogen-bond donors (Lipinski definition) is 2. The van der Waals surface area contributed by atoms with Crippen LogP contribution in [-0.4, -0.2) is 62.8 Å². The number of nitrogens with zero attached hydrogens (tertiary/aromatic N) is 4. The van der Waals surface area contributed by atoms with Crippen molar-refractivity contribution in [2.45, 2.75) is 38.4 Å². The maximum Gasteiger partial charge on any atom is 0.418 e. The molecule has 4 rings (SSSR count). The average Bonchev–Trinajstić information content (AvgIpc) is 3.39. The van der Waals surface area contributed by atoms with Crippen LogP contribution in [0.4, 0.5) is 36.6 Å². The molecule has 3 heterocycles. The van der Waals surface area contributed by atoms with Crippen LogP contribution in [0.2, 0.25) is 0 Å². The van der Waals surface area contributed by atoms with Crippen LogP contribution in [0.1, 0.15) is 28.4 Å². The molecule has 1 aromatic carbocycles. The molecule has 2 amide bonds. The number of likely N-dealkylation sites (tertiary alicyclic amines) is 1. The summed E-state index contributed by atoms with van der Waals surface area (Å²) in [5, 5.41) is 6.24. The van der Waals surface area contributed by atoms with E-state index in [0.29, 0.717) is 17.4 Å². The fourth-order valence-electron chi connectivity index (χ4n) is 4.26. The van der Waals surface area contributed by atoms with E-state index in [1.807, 2.05) is 0 Å². The molecule has 3 aromatic rings. The number of alkyl halides is 7. The van der Waals surface area contributed by atoms with E-state index in [-0.39, 0.29) is 16.8 Å². The number of amides is 2. The summed E-state index contributed by atoms with van der Waals surface area (Å²) >= 11 is 0. The molecule has 3 atom stereocenters. The Morgan fingerprint density at radius 2 is 1.82 bits per heavy atom. The Balaban J connectivity index is 1.62. The highest BCUT2D eigenvalue weighted by Gasteiger charge is 2.46. The van der Waals surface area contributed by atoms with Gasteiger partial charge in [0, 0.05) is 17.7 Å². The molecule has 0 saturated carbocycles. The summed E-state index contributed by atoms with van der Waals surface area (Å²) in [6.07, 6.45) is -10.4. The summed E-state index contributed by atoms with van der Waals surface area (Å²) in [5.41, 5.74) is 4.60. The van der Waals surface area contributed by atoms with Crippen molar-refractivity contribution in [3.05, 3.63) is 47.3 Å². The first kappa shape index (κ1) is 27.1. The standard InChI is InChI=1S/C23H21F7N6O2/c1-10-3-4-12(17-6-14(23(28,29)30)18-19(31)32-9-33-36(17)18)5-13(10)20(37)34-16-8-35(7-15(16)24)21(38)11(2)22(25,26)27/h3-6,9,11,15-16H,7-8H2,1-2H3,(H,34,37)(H2,31,32,33)/t11?,15-,16+/m0/s1. The molecular weight excluding hydrogens is 525 g/mol. The van der Waals surface area contributed by atoms with Gasteiger partial charge < -0.3 is 16.0 Å². The Morgan fingerprint density at radius 3 is 2.45 bits per heavy atom. The van der Waals surface area contributed by atoms with E-state index in [0.717, 1.165) is 16.9 Å². The number of nitrogens with one attached hydrogen (secondary N) is 1. The SMILES string of the molecule is Cc1ccc(-c2cc(C(F)(F)F)c3c(N)ncnn23)cc1C(=O)N[C@@H]1CN(C(=O)C(C)C(F)(F)F)C[C@@H]1F. The number of benzene rings is 1. The fraction of sp³-hybridized carbons (Fsp3) is 0.391. The maximum atomic E-state index is 14.6. The first-order valence-electron chi connectivity index (χ1n) is 11.2. The predicted molar refractivity (Wildman–Crippen MR) is 121 cm³/mol. The molecule has 2 aromatic heterocycles. The Kier molecular flexibility index (Phi) is 6.74. The minimum Gasteiger partial charge on any atom is -0.382 e. The van der Waals surface area contributed by atoms with Gasteiger partial charge in [0.15, 0.2) is 5.82 Å². The van der Waals surface area contributed by atoms with E-state index in [9.17, 15) is 40.3 Å². The Morgan fingerprint density at radius 1 is 1.13 bits per heavy atom. The van der Waals surface area contributed by atoms with E-state index in [1.165, 1.54) is 18.2 Å². The maximum absolute atomic E-state index is 14.6. The molecule has 8 nitrogen and oxygen atoms in total.